The molecule has 0 aliphatic carbocycles. The van der Waals surface area contributed by atoms with Crippen molar-refractivity contribution in [1.82, 2.24) is 0 Å². The first kappa shape index (κ1) is 12.3. The summed E-state index contributed by atoms with van der Waals surface area (Å²) in [5, 5.41) is 8.95. The van der Waals surface area contributed by atoms with Crippen molar-refractivity contribution in [3.63, 3.8) is 0 Å². The van der Waals surface area contributed by atoms with Gasteiger partial charge in [0.2, 0.25) is 0 Å². The molecule has 0 saturated heterocycles. The summed E-state index contributed by atoms with van der Waals surface area (Å²) in [5.74, 6) is 1.25. The molecule has 1 unspecified atom stereocenters. The van der Waals surface area contributed by atoms with Gasteiger partial charge in [-0.25, -0.2) is 0 Å². The molecule has 4 nitrogen and oxygen atoms in total. The van der Waals surface area contributed by atoms with E-state index >= 15 is 0 Å². The second-order valence-corrected chi connectivity index (χ2v) is 3.31. The molecule has 0 fully saturated rings. The van der Waals surface area contributed by atoms with Crippen molar-refractivity contribution in [3.8, 4) is 17.6 Å². The molecule has 1 rings (SSSR count). The van der Waals surface area contributed by atoms with Gasteiger partial charge in [0.25, 0.3) is 0 Å². The van der Waals surface area contributed by atoms with E-state index in [2.05, 4.69) is 6.07 Å². The highest BCUT2D eigenvalue weighted by Crippen LogP contribution is 2.33. The second kappa shape index (κ2) is 5.38. The maximum absolute atomic E-state index is 8.95. The normalized spacial score (nSPS) is 11.7. The van der Waals surface area contributed by atoms with Crippen LogP contribution in [0.5, 0.6) is 11.5 Å². The average molecular weight is 221 g/mol. The van der Waals surface area contributed by atoms with Gasteiger partial charge in [-0.15, -0.1) is 0 Å². The highest BCUT2D eigenvalue weighted by molar-refractivity contribution is 5.48. The second-order valence-electron chi connectivity index (χ2n) is 3.31. The minimum Gasteiger partial charge on any atom is -0.493 e. The van der Waals surface area contributed by atoms with Crippen LogP contribution in [0.4, 0.5) is 0 Å². The fourth-order valence-corrected chi connectivity index (χ4v) is 1.53. The molecule has 0 spiro atoms. The number of nitriles is 1. The van der Waals surface area contributed by atoms with E-state index in [1.807, 2.05) is 13.0 Å². The Morgan fingerprint density at radius 2 is 1.69 bits per heavy atom. The van der Waals surface area contributed by atoms with E-state index in [0.717, 1.165) is 11.1 Å². The number of ether oxygens (including phenoxy) is 3. The summed E-state index contributed by atoms with van der Waals surface area (Å²) in [6, 6.07) is 5.68. The number of rotatable bonds is 4. The lowest BCUT2D eigenvalue weighted by Crippen LogP contribution is -2.02. The van der Waals surface area contributed by atoms with Gasteiger partial charge in [0.1, 0.15) is 0 Å². The van der Waals surface area contributed by atoms with Gasteiger partial charge in [0.05, 0.1) is 20.3 Å². The Labute approximate surface area is 95.4 Å². The Kier molecular flexibility index (Phi) is 4.15. The Bertz CT molecular complexity index is 409. The van der Waals surface area contributed by atoms with Crippen LogP contribution in [0.2, 0.25) is 0 Å². The van der Waals surface area contributed by atoms with Crippen LogP contribution in [0.1, 0.15) is 17.2 Å². The molecule has 1 aromatic carbocycles. The molecule has 1 atom stereocenters. The zero-order valence-corrected chi connectivity index (χ0v) is 9.90. The average Bonchev–Trinajstić information content (AvgIpc) is 2.32. The lowest BCUT2D eigenvalue weighted by atomic mass is 10.0. The van der Waals surface area contributed by atoms with Crippen molar-refractivity contribution in [2.24, 2.45) is 0 Å². The zero-order chi connectivity index (χ0) is 12.1. The molecule has 0 amide bonds. The molecule has 4 heteroatoms. The summed E-state index contributed by atoms with van der Waals surface area (Å²) in [7, 11) is 4.64. The van der Waals surface area contributed by atoms with E-state index in [9.17, 15) is 0 Å². The smallest absolute Gasteiger partial charge is 0.169 e. The lowest BCUT2D eigenvalue weighted by molar-refractivity contribution is 0.147. The van der Waals surface area contributed by atoms with Crippen molar-refractivity contribution in [2.75, 3.05) is 21.3 Å². The van der Waals surface area contributed by atoms with Gasteiger partial charge < -0.3 is 14.2 Å². The van der Waals surface area contributed by atoms with Crippen LogP contribution in [-0.4, -0.2) is 21.3 Å². The molecule has 86 valence electrons. The first-order chi connectivity index (χ1) is 7.67. The highest BCUT2D eigenvalue weighted by atomic mass is 16.5. The first-order valence-corrected chi connectivity index (χ1v) is 4.82. The minimum absolute atomic E-state index is 0.584. The number of aryl methyl sites for hydroxylation is 1. The molecule has 0 N–H and O–H groups in total. The quantitative estimate of drug-likeness (QED) is 0.782. The predicted molar refractivity (Wildman–Crippen MR) is 59.6 cm³/mol. The first-order valence-electron chi connectivity index (χ1n) is 4.82. The maximum Gasteiger partial charge on any atom is 0.169 e. The number of hydrogen-bond acceptors (Lipinski definition) is 4. The molecule has 16 heavy (non-hydrogen) atoms. The van der Waals surface area contributed by atoms with Crippen LogP contribution in [0, 0.1) is 18.3 Å². The standard InChI is InChI=1S/C12H15NO3/c1-8-5-10(14-2)11(15-3)6-9(8)12(7-13)16-4/h5-6,12H,1-4H3. The largest absolute Gasteiger partial charge is 0.493 e. The summed E-state index contributed by atoms with van der Waals surface area (Å²) < 4.78 is 15.4. The molecule has 0 aliphatic heterocycles. The van der Waals surface area contributed by atoms with E-state index in [4.69, 9.17) is 19.5 Å². The number of benzene rings is 1. The van der Waals surface area contributed by atoms with Crippen molar-refractivity contribution < 1.29 is 14.2 Å². The molecule has 0 aliphatic rings. The van der Waals surface area contributed by atoms with E-state index in [1.165, 1.54) is 7.11 Å². The molecule has 0 aromatic heterocycles. The Morgan fingerprint density at radius 3 is 2.12 bits per heavy atom. The third-order valence-electron chi connectivity index (χ3n) is 2.41. The fraction of sp³-hybridized carbons (Fsp3) is 0.417. The summed E-state index contributed by atoms with van der Waals surface area (Å²) in [4.78, 5) is 0. The van der Waals surface area contributed by atoms with Gasteiger partial charge in [0.15, 0.2) is 17.6 Å². The Morgan fingerprint density at radius 1 is 1.12 bits per heavy atom. The molecule has 0 bridgehead atoms. The molecule has 0 heterocycles. The van der Waals surface area contributed by atoms with E-state index in [-0.39, 0.29) is 0 Å². The molecule has 0 radical (unpaired) electrons. The molecule has 1 aromatic rings. The summed E-state index contributed by atoms with van der Waals surface area (Å²) >= 11 is 0. The minimum atomic E-state index is -0.584. The summed E-state index contributed by atoms with van der Waals surface area (Å²) in [6.45, 7) is 1.90. The van der Waals surface area contributed by atoms with E-state index in [0.29, 0.717) is 11.5 Å². The van der Waals surface area contributed by atoms with Gasteiger partial charge in [-0.3, -0.25) is 0 Å². The molecular weight excluding hydrogens is 206 g/mol. The Balaban J connectivity index is 3.26. The van der Waals surface area contributed by atoms with Gasteiger partial charge in [-0.05, 0) is 24.6 Å². The Hall–Kier alpha value is -1.73. The number of nitrogens with zero attached hydrogens (tertiary/aromatic N) is 1. The van der Waals surface area contributed by atoms with Crippen LogP contribution in [0.15, 0.2) is 12.1 Å². The number of methoxy groups -OCH3 is 3. The number of hydrogen-bond donors (Lipinski definition) is 0. The van der Waals surface area contributed by atoms with E-state index < -0.39 is 6.10 Å². The SMILES string of the molecule is COc1cc(C)c(C(C#N)OC)cc1OC. The third kappa shape index (κ3) is 2.26. The maximum atomic E-state index is 8.95. The lowest BCUT2D eigenvalue weighted by Gasteiger charge is -2.15. The predicted octanol–water partition coefficient (Wildman–Crippen LogP) is 2.22. The van der Waals surface area contributed by atoms with Gasteiger partial charge >= 0.3 is 0 Å². The van der Waals surface area contributed by atoms with Crippen LogP contribution >= 0.6 is 0 Å². The summed E-state index contributed by atoms with van der Waals surface area (Å²) in [5.41, 5.74) is 1.73. The fourth-order valence-electron chi connectivity index (χ4n) is 1.53. The van der Waals surface area contributed by atoms with Crippen LogP contribution in [0.3, 0.4) is 0 Å². The van der Waals surface area contributed by atoms with Gasteiger partial charge in [-0.2, -0.15) is 5.26 Å². The van der Waals surface area contributed by atoms with Crippen molar-refractivity contribution >= 4 is 0 Å². The summed E-state index contributed by atoms with van der Waals surface area (Å²) in [6.07, 6.45) is -0.584. The zero-order valence-electron chi connectivity index (χ0n) is 9.90. The van der Waals surface area contributed by atoms with Crippen LogP contribution < -0.4 is 9.47 Å². The molecule has 0 saturated carbocycles. The molecular formula is C12H15NO3. The topological polar surface area (TPSA) is 51.5 Å². The van der Waals surface area contributed by atoms with Gasteiger partial charge in [-0.1, -0.05) is 0 Å². The van der Waals surface area contributed by atoms with Crippen LogP contribution in [0.25, 0.3) is 0 Å². The van der Waals surface area contributed by atoms with Crippen molar-refractivity contribution in [1.29, 1.82) is 5.26 Å². The van der Waals surface area contributed by atoms with Crippen LogP contribution in [-0.2, 0) is 4.74 Å². The van der Waals surface area contributed by atoms with Crippen molar-refractivity contribution in [3.05, 3.63) is 23.3 Å². The third-order valence-corrected chi connectivity index (χ3v) is 2.41. The van der Waals surface area contributed by atoms with Gasteiger partial charge in [0, 0.05) is 12.7 Å². The highest BCUT2D eigenvalue weighted by Gasteiger charge is 2.16. The van der Waals surface area contributed by atoms with E-state index in [1.54, 1.807) is 20.3 Å². The van der Waals surface area contributed by atoms with Crippen molar-refractivity contribution in [2.45, 2.75) is 13.0 Å². The monoisotopic (exact) mass is 221 g/mol.